The molecule has 2 aromatic carbocycles. The predicted molar refractivity (Wildman–Crippen MR) is 151 cm³/mol. The number of phenolic OH excluding ortho intramolecular Hbond substituents is 1. The first-order valence-electron chi connectivity index (χ1n) is 14.2. The van der Waals surface area contributed by atoms with E-state index in [0.29, 0.717) is 27.6 Å². The first-order valence-corrected chi connectivity index (χ1v) is 16.0. The molecular formula is C30H40ClN3O3S. The molecule has 0 spiro atoms. The summed E-state index contributed by atoms with van der Waals surface area (Å²) in [7, 11) is -1.28. The smallest absolute Gasteiger partial charge is 0.243 e. The quantitative estimate of drug-likeness (QED) is 0.525. The number of piperidine rings is 2. The summed E-state index contributed by atoms with van der Waals surface area (Å²) in [5.74, 6) is 0.901. The van der Waals surface area contributed by atoms with E-state index in [9.17, 15) is 13.5 Å². The summed E-state index contributed by atoms with van der Waals surface area (Å²) in [6.45, 7) is 6.35. The van der Waals surface area contributed by atoms with Gasteiger partial charge in [-0.1, -0.05) is 24.6 Å². The molecule has 0 aromatic heterocycles. The molecule has 38 heavy (non-hydrogen) atoms. The Kier molecular flexibility index (Phi) is 7.05. The zero-order valence-electron chi connectivity index (χ0n) is 22.5. The average Bonchev–Trinajstić information content (AvgIpc) is 3.72. The lowest BCUT2D eigenvalue weighted by atomic mass is 9.56. The van der Waals surface area contributed by atoms with Crippen LogP contribution in [0.1, 0.15) is 56.6 Å². The maximum atomic E-state index is 13.6. The third kappa shape index (κ3) is 4.68. The van der Waals surface area contributed by atoms with Crippen LogP contribution in [-0.4, -0.2) is 79.0 Å². The van der Waals surface area contributed by atoms with Gasteiger partial charge in [0.05, 0.1) is 4.90 Å². The van der Waals surface area contributed by atoms with Crippen LogP contribution in [-0.2, 0) is 21.9 Å². The molecule has 1 unspecified atom stereocenters. The van der Waals surface area contributed by atoms with Gasteiger partial charge in [-0.15, -0.1) is 0 Å². The van der Waals surface area contributed by atoms with Gasteiger partial charge in [0.1, 0.15) is 5.75 Å². The number of likely N-dealkylation sites (N-methyl/N-ethyl adjacent to an activating group) is 1. The van der Waals surface area contributed by atoms with E-state index in [0.717, 1.165) is 71.1 Å². The first-order chi connectivity index (χ1) is 18.2. The fourth-order valence-electron chi connectivity index (χ4n) is 7.65. The lowest BCUT2D eigenvalue weighted by Gasteiger charge is -2.56. The van der Waals surface area contributed by atoms with Gasteiger partial charge >= 0.3 is 0 Å². The second-order valence-corrected chi connectivity index (χ2v) is 14.4. The van der Waals surface area contributed by atoms with Gasteiger partial charge in [0.25, 0.3) is 0 Å². The van der Waals surface area contributed by atoms with E-state index in [2.05, 4.69) is 29.8 Å². The van der Waals surface area contributed by atoms with Gasteiger partial charge in [-0.25, -0.2) is 8.42 Å². The number of rotatable bonds is 7. The van der Waals surface area contributed by atoms with Crippen molar-refractivity contribution in [1.29, 1.82) is 0 Å². The van der Waals surface area contributed by atoms with Crippen LogP contribution in [0.5, 0.6) is 5.75 Å². The van der Waals surface area contributed by atoms with Crippen LogP contribution >= 0.6 is 11.6 Å². The van der Waals surface area contributed by atoms with Gasteiger partial charge in [0, 0.05) is 28.6 Å². The van der Waals surface area contributed by atoms with Crippen LogP contribution in [0.3, 0.4) is 0 Å². The number of halogens is 1. The molecule has 3 atom stereocenters. The lowest BCUT2D eigenvalue weighted by molar-refractivity contribution is 0.0272. The molecule has 2 aromatic rings. The van der Waals surface area contributed by atoms with E-state index in [1.54, 1.807) is 24.3 Å². The van der Waals surface area contributed by atoms with Gasteiger partial charge in [0.15, 0.2) is 0 Å². The Bertz CT molecular complexity index is 1270. The van der Waals surface area contributed by atoms with Gasteiger partial charge in [0.2, 0.25) is 10.0 Å². The van der Waals surface area contributed by atoms with Crippen molar-refractivity contribution < 1.29 is 13.5 Å². The zero-order valence-corrected chi connectivity index (χ0v) is 24.1. The van der Waals surface area contributed by atoms with Crippen molar-refractivity contribution in [2.75, 3.05) is 33.2 Å². The maximum absolute atomic E-state index is 13.6. The van der Waals surface area contributed by atoms with Crippen molar-refractivity contribution in [2.24, 2.45) is 5.92 Å². The van der Waals surface area contributed by atoms with E-state index in [1.807, 2.05) is 16.4 Å². The van der Waals surface area contributed by atoms with E-state index in [-0.39, 0.29) is 17.5 Å². The Balaban J connectivity index is 1.15. The van der Waals surface area contributed by atoms with Crippen LogP contribution in [0.15, 0.2) is 47.4 Å². The fourth-order valence-corrected chi connectivity index (χ4v) is 9.71. The number of hydrogen-bond acceptors (Lipinski definition) is 5. The highest BCUT2D eigenvalue weighted by atomic mass is 35.5. The summed E-state index contributed by atoms with van der Waals surface area (Å²) in [5.41, 5.74) is 2.83. The van der Waals surface area contributed by atoms with Crippen molar-refractivity contribution in [3.05, 3.63) is 58.6 Å². The standard InChI is InChI=1S/C30H40ClN3O3S/c1-21-29-19-22-3-8-26(35)20-28(22)30(21,13-17-32(29)2)14-18-33-15-11-25(12-16-33)34(24-6-7-24)38(36,37)27-9-4-23(31)5-10-27/h3-5,8-10,20-21,24-25,29,35H,6-7,11-19H2,1-2H3/t21-,29+,30?/m0/s1. The molecular weight excluding hydrogens is 518 g/mol. The predicted octanol–water partition coefficient (Wildman–Crippen LogP) is 4.89. The number of aromatic hydroxyl groups is 1. The SMILES string of the molecule is C[C@H]1[C@H]2Cc3ccc(O)cc3C1(CCN1CCC(N(C3CC3)S(=O)(=O)c3ccc(Cl)cc3)CC1)CCN2C. The summed E-state index contributed by atoms with van der Waals surface area (Å²) in [6.07, 6.45) is 6.89. The van der Waals surface area contributed by atoms with E-state index >= 15 is 0 Å². The summed E-state index contributed by atoms with van der Waals surface area (Å²) in [4.78, 5) is 5.42. The zero-order chi connectivity index (χ0) is 26.7. The van der Waals surface area contributed by atoms with Crippen molar-refractivity contribution in [1.82, 2.24) is 14.1 Å². The third-order valence-electron chi connectivity index (χ3n) is 10.1. The second kappa shape index (κ2) is 10.1. The molecule has 2 aliphatic carbocycles. The van der Waals surface area contributed by atoms with Crippen LogP contribution in [0.25, 0.3) is 0 Å². The number of nitrogens with zero attached hydrogens (tertiary/aromatic N) is 3. The number of phenols is 1. The Morgan fingerprint density at radius 2 is 1.71 bits per heavy atom. The monoisotopic (exact) mass is 557 g/mol. The number of benzene rings is 2. The number of hydrogen-bond donors (Lipinski definition) is 1. The van der Waals surface area contributed by atoms with Crippen molar-refractivity contribution in [2.45, 2.75) is 80.3 Å². The molecule has 6 nitrogen and oxygen atoms in total. The minimum atomic E-state index is -3.54. The number of fused-ring (bicyclic) bond motifs is 4. The molecule has 2 bridgehead atoms. The molecule has 3 fully saturated rings. The van der Waals surface area contributed by atoms with E-state index in [1.165, 1.54) is 11.1 Å². The van der Waals surface area contributed by atoms with Gasteiger partial charge < -0.3 is 14.9 Å². The minimum absolute atomic E-state index is 0.0524. The van der Waals surface area contributed by atoms with Gasteiger partial charge in [-0.05, 0) is 132 Å². The van der Waals surface area contributed by atoms with Crippen molar-refractivity contribution in [3.8, 4) is 5.75 Å². The number of sulfonamides is 1. The normalized spacial score (nSPS) is 28.9. The summed E-state index contributed by atoms with van der Waals surface area (Å²) in [6, 6.07) is 13.3. The molecule has 4 aliphatic rings. The Labute approximate surface area is 232 Å². The first kappa shape index (κ1) is 26.6. The molecule has 6 rings (SSSR count). The van der Waals surface area contributed by atoms with E-state index < -0.39 is 10.0 Å². The minimum Gasteiger partial charge on any atom is -0.508 e. The van der Waals surface area contributed by atoms with E-state index in [4.69, 9.17) is 11.6 Å². The molecule has 2 aliphatic heterocycles. The third-order valence-corrected chi connectivity index (χ3v) is 12.3. The highest BCUT2D eigenvalue weighted by molar-refractivity contribution is 7.89. The fraction of sp³-hybridized carbons (Fsp3) is 0.600. The second-order valence-electron chi connectivity index (χ2n) is 12.1. The molecule has 0 amide bonds. The molecule has 8 heteroatoms. The van der Waals surface area contributed by atoms with Crippen LogP contribution < -0.4 is 0 Å². The summed E-state index contributed by atoms with van der Waals surface area (Å²) >= 11 is 6.02. The average molecular weight is 558 g/mol. The Hall–Kier alpha value is -1.64. The highest BCUT2D eigenvalue weighted by Gasteiger charge is 2.50. The molecule has 0 radical (unpaired) electrons. The van der Waals surface area contributed by atoms with Crippen molar-refractivity contribution >= 4 is 21.6 Å². The Morgan fingerprint density at radius 3 is 2.39 bits per heavy atom. The molecule has 1 saturated carbocycles. The van der Waals surface area contributed by atoms with Gasteiger partial charge in [-0.3, -0.25) is 0 Å². The lowest BCUT2D eigenvalue weighted by Crippen LogP contribution is -2.58. The number of likely N-dealkylation sites (tertiary alicyclic amines) is 2. The topological polar surface area (TPSA) is 64.1 Å². The summed E-state index contributed by atoms with van der Waals surface area (Å²) < 4.78 is 29.0. The van der Waals surface area contributed by atoms with Gasteiger partial charge in [-0.2, -0.15) is 4.31 Å². The van der Waals surface area contributed by atoms with Crippen LogP contribution in [0.4, 0.5) is 0 Å². The maximum Gasteiger partial charge on any atom is 0.243 e. The Morgan fingerprint density at radius 1 is 1.03 bits per heavy atom. The molecule has 1 N–H and O–H groups in total. The summed E-state index contributed by atoms with van der Waals surface area (Å²) in [5, 5.41) is 10.9. The molecule has 2 saturated heterocycles. The van der Waals surface area contributed by atoms with Crippen LogP contribution in [0.2, 0.25) is 5.02 Å². The molecule has 206 valence electrons. The molecule has 2 heterocycles. The van der Waals surface area contributed by atoms with Crippen LogP contribution in [0, 0.1) is 5.92 Å². The highest BCUT2D eigenvalue weighted by Crippen LogP contribution is 2.51. The largest absolute Gasteiger partial charge is 0.508 e. The van der Waals surface area contributed by atoms with Crippen molar-refractivity contribution in [3.63, 3.8) is 0 Å².